The topological polar surface area (TPSA) is 66.5 Å². The predicted molar refractivity (Wildman–Crippen MR) is 115 cm³/mol. The molecule has 0 saturated heterocycles. The van der Waals surface area contributed by atoms with Crippen LogP contribution in [0.15, 0.2) is 48.5 Å². The van der Waals surface area contributed by atoms with Gasteiger partial charge in [-0.2, -0.15) is 0 Å². The highest BCUT2D eigenvalue weighted by molar-refractivity contribution is 7.92. The highest BCUT2D eigenvalue weighted by atomic mass is 35.5. The van der Waals surface area contributed by atoms with Crippen LogP contribution in [-0.4, -0.2) is 33.2 Å². The molecule has 0 radical (unpaired) electrons. The summed E-state index contributed by atoms with van der Waals surface area (Å²) in [7, 11) is -3.61. The smallest absolute Gasteiger partial charge is 0.243 e. The van der Waals surface area contributed by atoms with Crippen molar-refractivity contribution in [1.29, 1.82) is 0 Å². The molecule has 2 aromatic carbocycles. The van der Waals surface area contributed by atoms with Crippen molar-refractivity contribution in [2.24, 2.45) is 0 Å². The van der Waals surface area contributed by atoms with Crippen LogP contribution in [0.2, 0.25) is 5.02 Å². The second-order valence-corrected chi connectivity index (χ2v) is 9.14. The molecule has 0 aliphatic heterocycles. The maximum absolute atomic E-state index is 12.7. The molecule has 0 aromatic heterocycles. The van der Waals surface area contributed by atoms with E-state index in [0.29, 0.717) is 23.7 Å². The molecule has 7 heteroatoms. The van der Waals surface area contributed by atoms with Crippen molar-refractivity contribution in [3.8, 4) is 0 Å². The molecular formula is C21H27ClN2O3S. The Morgan fingerprint density at radius 2 is 1.86 bits per heavy atom. The molecule has 0 bridgehead atoms. The zero-order chi connectivity index (χ0) is 20.7. The largest absolute Gasteiger partial charge is 0.354 e. The molecule has 1 N–H and O–H groups in total. The molecule has 2 rings (SSSR count). The van der Waals surface area contributed by atoms with Gasteiger partial charge in [-0.3, -0.25) is 9.10 Å². The molecule has 1 amide bonds. The maximum atomic E-state index is 12.7. The number of hydrogen-bond donors (Lipinski definition) is 1. The lowest BCUT2D eigenvalue weighted by molar-refractivity contribution is -0.122. The van der Waals surface area contributed by atoms with Gasteiger partial charge in [-0.25, -0.2) is 8.42 Å². The van der Waals surface area contributed by atoms with Gasteiger partial charge in [0.15, 0.2) is 0 Å². The Labute approximate surface area is 172 Å². The van der Waals surface area contributed by atoms with E-state index in [-0.39, 0.29) is 5.91 Å². The molecular weight excluding hydrogens is 396 g/mol. The fourth-order valence-electron chi connectivity index (χ4n) is 3.10. The third kappa shape index (κ3) is 6.24. The molecule has 5 nitrogen and oxygen atoms in total. The fourth-order valence-corrected chi connectivity index (χ4v) is 4.43. The average molecular weight is 423 g/mol. The summed E-state index contributed by atoms with van der Waals surface area (Å²) in [5, 5.41) is 3.58. The molecule has 0 heterocycles. The minimum atomic E-state index is -3.61. The second kappa shape index (κ2) is 9.94. The van der Waals surface area contributed by atoms with Crippen LogP contribution >= 0.6 is 11.6 Å². The quantitative estimate of drug-likeness (QED) is 0.622. The first-order chi connectivity index (χ1) is 13.2. The Bertz CT molecular complexity index is 898. The Morgan fingerprint density at radius 3 is 2.43 bits per heavy atom. The summed E-state index contributed by atoms with van der Waals surface area (Å²) in [6, 6.07) is 14.0. The zero-order valence-electron chi connectivity index (χ0n) is 16.5. The number of anilines is 1. The van der Waals surface area contributed by atoms with Gasteiger partial charge < -0.3 is 5.32 Å². The Kier molecular flexibility index (Phi) is 7.89. The van der Waals surface area contributed by atoms with Gasteiger partial charge in [-0.15, -0.1) is 0 Å². The van der Waals surface area contributed by atoms with Crippen LogP contribution in [0.4, 0.5) is 5.69 Å². The number of nitrogens with one attached hydrogen (secondary N) is 1. The first-order valence-corrected chi connectivity index (χ1v) is 11.5. The summed E-state index contributed by atoms with van der Waals surface area (Å²) in [6.45, 7) is 4.18. The van der Waals surface area contributed by atoms with E-state index in [4.69, 9.17) is 11.6 Å². The van der Waals surface area contributed by atoms with Gasteiger partial charge in [-0.05, 0) is 61.6 Å². The Balaban J connectivity index is 2.04. The number of carbonyl (C=O) groups is 1. The molecule has 0 spiro atoms. The molecule has 2 aromatic rings. The minimum Gasteiger partial charge on any atom is -0.354 e. The number of hydrogen-bond acceptors (Lipinski definition) is 3. The van der Waals surface area contributed by atoms with Gasteiger partial charge in [-0.1, -0.05) is 42.8 Å². The SMILES string of the molecule is CC[C@H](C(=O)NCCCc1ccc(Cl)cc1)N(c1cccc(C)c1)S(C)(=O)=O. The number of halogens is 1. The minimum absolute atomic E-state index is 0.287. The zero-order valence-corrected chi connectivity index (χ0v) is 18.1. The number of carbonyl (C=O) groups excluding carboxylic acids is 1. The lowest BCUT2D eigenvalue weighted by Gasteiger charge is -2.30. The van der Waals surface area contributed by atoms with Crippen LogP contribution in [0.1, 0.15) is 30.9 Å². The number of benzene rings is 2. The molecule has 1 atom stereocenters. The first-order valence-electron chi connectivity index (χ1n) is 9.30. The van der Waals surface area contributed by atoms with Crippen molar-refractivity contribution in [1.82, 2.24) is 5.32 Å². The number of nitrogens with zero attached hydrogens (tertiary/aromatic N) is 1. The van der Waals surface area contributed by atoms with Crippen LogP contribution < -0.4 is 9.62 Å². The number of sulfonamides is 1. The fraction of sp³-hybridized carbons (Fsp3) is 0.381. The third-order valence-corrected chi connectivity index (χ3v) is 5.87. The van der Waals surface area contributed by atoms with Crippen molar-refractivity contribution in [2.45, 2.75) is 39.2 Å². The normalized spacial score (nSPS) is 12.4. The van der Waals surface area contributed by atoms with Gasteiger partial charge in [0.2, 0.25) is 15.9 Å². The van der Waals surface area contributed by atoms with Crippen LogP contribution in [0.25, 0.3) is 0 Å². The van der Waals surface area contributed by atoms with Crippen molar-refractivity contribution >= 4 is 33.2 Å². The van der Waals surface area contributed by atoms with Gasteiger partial charge in [0.25, 0.3) is 0 Å². The van der Waals surface area contributed by atoms with Crippen LogP contribution in [0, 0.1) is 6.92 Å². The van der Waals surface area contributed by atoms with Crippen LogP contribution in [0.5, 0.6) is 0 Å². The van der Waals surface area contributed by atoms with Gasteiger partial charge in [0.05, 0.1) is 11.9 Å². The highest BCUT2D eigenvalue weighted by Gasteiger charge is 2.31. The third-order valence-electron chi connectivity index (χ3n) is 4.44. The lowest BCUT2D eigenvalue weighted by atomic mass is 10.1. The van der Waals surface area contributed by atoms with E-state index in [0.717, 1.165) is 30.2 Å². The summed E-state index contributed by atoms with van der Waals surface area (Å²) in [4.78, 5) is 12.7. The number of rotatable bonds is 9. The summed E-state index contributed by atoms with van der Waals surface area (Å²) in [5.74, 6) is -0.287. The lowest BCUT2D eigenvalue weighted by Crippen LogP contribution is -2.49. The first kappa shape index (κ1) is 22.2. The van der Waals surface area contributed by atoms with E-state index < -0.39 is 16.1 Å². The van der Waals surface area contributed by atoms with Crippen molar-refractivity contribution < 1.29 is 13.2 Å². The molecule has 0 unspecified atom stereocenters. The number of aryl methyl sites for hydroxylation is 2. The predicted octanol–water partition coefficient (Wildman–Crippen LogP) is 3.94. The van der Waals surface area contributed by atoms with E-state index >= 15 is 0 Å². The van der Waals surface area contributed by atoms with E-state index in [2.05, 4.69) is 5.32 Å². The summed E-state index contributed by atoms with van der Waals surface area (Å²) < 4.78 is 26.1. The van der Waals surface area contributed by atoms with Crippen molar-refractivity contribution in [3.63, 3.8) is 0 Å². The molecule has 28 heavy (non-hydrogen) atoms. The molecule has 0 aliphatic carbocycles. The highest BCUT2D eigenvalue weighted by Crippen LogP contribution is 2.23. The van der Waals surface area contributed by atoms with Crippen molar-refractivity contribution in [3.05, 3.63) is 64.7 Å². The summed E-state index contributed by atoms with van der Waals surface area (Å²) in [6.07, 6.45) is 3.07. The van der Waals surface area contributed by atoms with Gasteiger partial charge in [0, 0.05) is 11.6 Å². The van der Waals surface area contributed by atoms with E-state index in [1.54, 1.807) is 18.2 Å². The maximum Gasteiger partial charge on any atom is 0.243 e. The van der Waals surface area contributed by atoms with E-state index in [1.165, 1.54) is 4.31 Å². The summed E-state index contributed by atoms with van der Waals surface area (Å²) >= 11 is 5.88. The van der Waals surface area contributed by atoms with Crippen LogP contribution in [0.3, 0.4) is 0 Å². The van der Waals surface area contributed by atoms with Gasteiger partial charge in [0.1, 0.15) is 6.04 Å². The average Bonchev–Trinajstić information content (AvgIpc) is 2.63. The van der Waals surface area contributed by atoms with Crippen LogP contribution in [-0.2, 0) is 21.2 Å². The summed E-state index contributed by atoms with van der Waals surface area (Å²) in [5.41, 5.74) is 2.58. The molecule has 0 aliphatic rings. The van der Waals surface area contributed by atoms with Crippen molar-refractivity contribution in [2.75, 3.05) is 17.1 Å². The van der Waals surface area contributed by atoms with E-state index in [9.17, 15) is 13.2 Å². The number of amides is 1. The molecule has 0 saturated carbocycles. The van der Waals surface area contributed by atoms with Gasteiger partial charge >= 0.3 is 0 Å². The Hall–Kier alpha value is -2.05. The molecule has 152 valence electrons. The van der Waals surface area contributed by atoms with E-state index in [1.807, 2.05) is 44.2 Å². The monoisotopic (exact) mass is 422 g/mol. The standard InChI is InChI=1S/C21H27ClN2O3S/c1-4-20(24(28(3,26)27)19-9-5-7-16(2)15-19)21(25)23-14-6-8-17-10-12-18(22)13-11-17/h5,7,9-13,15,20H,4,6,8,14H2,1-3H3,(H,23,25)/t20-/m1/s1. The Morgan fingerprint density at radius 1 is 1.18 bits per heavy atom. The molecule has 0 fully saturated rings. The second-order valence-electron chi connectivity index (χ2n) is 6.84.